The Balaban J connectivity index is 1.74. The molecule has 5 heteroatoms. The molecule has 3 N–H and O–H groups in total. The number of hydrogen-bond acceptors (Lipinski definition) is 4. The van der Waals surface area contributed by atoms with Crippen LogP contribution in [-0.4, -0.2) is 37.0 Å². The number of piperidine rings is 2. The summed E-state index contributed by atoms with van der Waals surface area (Å²) in [6.45, 7) is 3.67. The molecule has 2 bridgehead atoms. The molecule has 0 spiro atoms. The minimum absolute atomic E-state index is 0.0294. The number of hydrogen-bond donors (Lipinski definition) is 2. The largest absolute Gasteiger partial charge is 0.457 e. The molecular weight excluding hydrogens is 218 g/mol. The zero-order valence-electron chi connectivity index (χ0n) is 9.69. The smallest absolute Gasteiger partial charge is 0.289 e. The third-order valence-electron chi connectivity index (χ3n) is 3.61. The molecule has 2 aliphatic heterocycles. The lowest BCUT2D eigenvalue weighted by Gasteiger charge is -2.41. The molecule has 2 fully saturated rings. The number of amides is 1. The molecule has 2 unspecified atom stereocenters. The highest BCUT2D eigenvalue weighted by Gasteiger charge is 2.33. The van der Waals surface area contributed by atoms with Gasteiger partial charge in [-0.05, 0) is 31.3 Å². The van der Waals surface area contributed by atoms with E-state index in [2.05, 4.69) is 5.32 Å². The summed E-state index contributed by atoms with van der Waals surface area (Å²) < 4.78 is 5.17. The Labute approximate surface area is 99.9 Å². The molecular formula is C12H17N3O2. The summed E-state index contributed by atoms with van der Waals surface area (Å²) in [5, 5.41) is 3.41. The first-order valence-electron chi connectivity index (χ1n) is 6.06. The van der Waals surface area contributed by atoms with Crippen molar-refractivity contribution in [3.8, 4) is 0 Å². The summed E-state index contributed by atoms with van der Waals surface area (Å²) in [4.78, 5) is 14.1. The van der Waals surface area contributed by atoms with Crippen LogP contribution in [0.2, 0.25) is 0 Å². The van der Waals surface area contributed by atoms with Crippen molar-refractivity contribution in [2.24, 2.45) is 11.8 Å². The molecule has 1 amide bonds. The van der Waals surface area contributed by atoms with E-state index < -0.39 is 0 Å². The van der Waals surface area contributed by atoms with Gasteiger partial charge in [0.25, 0.3) is 5.91 Å². The second-order valence-corrected chi connectivity index (χ2v) is 5.08. The molecule has 2 aliphatic rings. The van der Waals surface area contributed by atoms with E-state index in [4.69, 9.17) is 10.2 Å². The lowest BCUT2D eigenvalue weighted by Crippen LogP contribution is -2.52. The number of rotatable bonds is 1. The summed E-state index contributed by atoms with van der Waals surface area (Å²) >= 11 is 0. The van der Waals surface area contributed by atoms with Crippen molar-refractivity contribution in [1.29, 1.82) is 0 Å². The van der Waals surface area contributed by atoms with Crippen LogP contribution in [0.25, 0.3) is 0 Å². The van der Waals surface area contributed by atoms with Crippen LogP contribution in [0.4, 0.5) is 5.69 Å². The first-order valence-corrected chi connectivity index (χ1v) is 6.06. The fourth-order valence-corrected chi connectivity index (χ4v) is 2.89. The Kier molecular flexibility index (Phi) is 2.55. The second-order valence-electron chi connectivity index (χ2n) is 5.08. The molecule has 2 saturated heterocycles. The number of furan rings is 1. The molecule has 0 aliphatic carbocycles. The highest BCUT2D eigenvalue weighted by molar-refractivity contribution is 5.92. The standard InChI is InChI=1S/C12H17N3O2/c13-10-2-11(17-7-10)12(16)15-5-8-1-9(6-15)4-14-3-8/h2,7-9,14H,1,3-6,13H2. The van der Waals surface area contributed by atoms with Gasteiger partial charge in [-0.1, -0.05) is 0 Å². The maximum atomic E-state index is 12.2. The van der Waals surface area contributed by atoms with Crippen LogP contribution in [0, 0.1) is 11.8 Å². The average Bonchev–Trinajstić information content (AvgIpc) is 2.74. The van der Waals surface area contributed by atoms with Gasteiger partial charge in [0.15, 0.2) is 5.76 Å². The molecule has 1 aromatic rings. The van der Waals surface area contributed by atoms with E-state index in [1.165, 1.54) is 12.7 Å². The van der Waals surface area contributed by atoms with Crippen molar-refractivity contribution < 1.29 is 9.21 Å². The third kappa shape index (κ3) is 2.02. The first-order chi connectivity index (χ1) is 8.22. The van der Waals surface area contributed by atoms with Crippen LogP contribution in [0.15, 0.2) is 16.7 Å². The number of nitrogen functional groups attached to an aromatic ring is 1. The molecule has 2 atom stereocenters. The van der Waals surface area contributed by atoms with Gasteiger partial charge in [0.05, 0.1) is 5.69 Å². The Morgan fingerprint density at radius 1 is 1.41 bits per heavy atom. The Bertz CT molecular complexity index is 417. The van der Waals surface area contributed by atoms with Crippen molar-refractivity contribution in [3.63, 3.8) is 0 Å². The van der Waals surface area contributed by atoms with Crippen LogP contribution in [0.3, 0.4) is 0 Å². The number of carbonyl (C=O) groups excluding carboxylic acids is 1. The monoisotopic (exact) mass is 235 g/mol. The molecule has 0 aromatic carbocycles. The van der Waals surface area contributed by atoms with Crippen LogP contribution >= 0.6 is 0 Å². The van der Waals surface area contributed by atoms with Gasteiger partial charge < -0.3 is 20.4 Å². The number of carbonyl (C=O) groups is 1. The van der Waals surface area contributed by atoms with E-state index in [9.17, 15) is 4.79 Å². The lowest BCUT2D eigenvalue weighted by atomic mass is 9.86. The van der Waals surface area contributed by atoms with Gasteiger partial charge in [-0.15, -0.1) is 0 Å². The number of likely N-dealkylation sites (tertiary alicyclic amines) is 1. The lowest BCUT2D eigenvalue weighted by molar-refractivity contribution is 0.0508. The highest BCUT2D eigenvalue weighted by atomic mass is 16.3. The van der Waals surface area contributed by atoms with Crippen LogP contribution in [0.5, 0.6) is 0 Å². The zero-order chi connectivity index (χ0) is 11.8. The van der Waals surface area contributed by atoms with Gasteiger partial charge in [-0.2, -0.15) is 0 Å². The van der Waals surface area contributed by atoms with Gasteiger partial charge in [-0.3, -0.25) is 4.79 Å². The highest BCUT2D eigenvalue weighted by Crippen LogP contribution is 2.26. The van der Waals surface area contributed by atoms with E-state index in [-0.39, 0.29) is 5.91 Å². The Morgan fingerprint density at radius 2 is 2.12 bits per heavy atom. The molecule has 92 valence electrons. The normalized spacial score (nSPS) is 28.1. The Hall–Kier alpha value is -1.49. The molecule has 1 aromatic heterocycles. The molecule has 0 saturated carbocycles. The van der Waals surface area contributed by atoms with Gasteiger partial charge in [0.1, 0.15) is 6.26 Å². The van der Waals surface area contributed by atoms with Gasteiger partial charge in [-0.25, -0.2) is 0 Å². The summed E-state index contributed by atoms with van der Waals surface area (Å²) in [6, 6.07) is 1.60. The fourth-order valence-electron chi connectivity index (χ4n) is 2.89. The summed E-state index contributed by atoms with van der Waals surface area (Å²) in [6.07, 6.45) is 2.65. The van der Waals surface area contributed by atoms with Crippen LogP contribution < -0.4 is 11.1 Å². The zero-order valence-corrected chi connectivity index (χ0v) is 9.69. The van der Waals surface area contributed by atoms with Crippen LogP contribution in [0.1, 0.15) is 17.0 Å². The third-order valence-corrected chi connectivity index (χ3v) is 3.61. The second kappa shape index (κ2) is 4.07. The maximum absolute atomic E-state index is 12.2. The van der Waals surface area contributed by atoms with Crippen molar-refractivity contribution in [2.75, 3.05) is 31.9 Å². The first kappa shape index (κ1) is 10.7. The summed E-state index contributed by atoms with van der Waals surface area (Å²) in [5.74, 6) is 1.49. The van der Waals surface area contributed by atoms with Crippen molar-refractivity contribution in [2.45, 2.75) is 6.42 Å². The van der Waals surface area contributed by atoms with E-state index in [0.29, 0.717) is 23.3 Å². The van der Waals surface area contributed by atoms with Crippen molar-refractivity contribution in [1.82, 2.24) is 10.2 Å². The molecule has 3 heterocycles. The van der Waals surface area contributed by atoms with Crippen LogP contribution in [-0.2, 0) is 0 Å². The number of nitrogens with one attached hydrogen (secondary N) is 1. The minimum Gasteiger partial charge on any atom is -0.457 e. The van der Waals surface area contributed by atoms with E-state index >= 15 is 0 Å². The molecule has 5 nitrogen and oxygen atoms in total. The van der Waals surface area contributed by atoms with Gasteiger partial charge in [0, 0.05) is 19.2 Å². The SMILES string of the molecule is Nc1coc(C(=O)N2CC3CNCC(C3)C2)c1. The minimum atomic E-state index is -0.0294. The number of fused-ring (bicyclic) bond motifs is 2. The summed E-state index contributed by atoms with van der Waals surface area (Å²) in [7, 11) is 0. The molecule has 3 rings (SSSR count). The van der Waals surface area contributed by atoms with Gasteiger partial charge >= 0.3 is 0 Å². The fraction of sp³-hybridized carbons (Fsp3) is 0.583. The topological polar surface area (TPSA) is 71.5 Å². The molecule has 17 heavy (non-hydrogen) atoms. The predicted molar refractivity (Wildman–Crippen MR) is 63.5 cm³/mol. The summed E-state index contributed by atoms with van der Waals surface area (Å²) in [5.41, 5.74) is 6.07. The van der Waals surface area contributed by atoms with Gasteiger partial charge in [0.2, 0.25) is 0 Å². The Morgan fingerprint density at radius 3 is 2.71 bits per heavy atom. The maximum Gasteiger partial charge on any atom is 0.289 e. The molecule has 0 radical (unpaired) electrons. The van der Waals surface area contributed by atoms with Crippen molar-refractivity contribution >= 4 is 11.6 Å². The number of anilines is 1. The predicted octanol–water partition coefficient (Wildman–Crippen LogP) is 0.543. The average molecular weight is 235 g/mol. The van der Waals surface area contributed by atoms with E-state index in [1.807, 2.05) is 4.90 Å². The number of nitrogens with two attached hydrogens (primary N) is 1. The van der Waals surface area contributed by atoms with E-state index in [0.717, 1.165) is 26.2 Å². The quantitative estimate of drug-likeness (QED) is 0.745. The van der Waals surface area contributed by atoms with E-state index in [1.54, 1.807) is 6.07 Å². The number of nitrogens with zero attached hydrogens (tertiary/aromatic N) is 1. The van der Waals surface area contributed by atoms with Crippen molar-refractivity contribution in [3.05, 3.63) is 18.1 Å².